The van der Waals surface area contributed by atoms with Crippen molar-refractivity contribution in [2.24, 2.45) is 5.73 Å². The zero-order valence-electron chi connectivity index (χ0n) is 14.4. The number of aromatic nitrogens is 2. The van der Waals surface area contributed by atoms with Gasteiger partial charge in [-0.1, -0.05) is 6.07 Å². The Balaban J connectivity index is 1.88. The number of carbonyl (C=O) groups excluding carboxylic acids is 1. The van der Waals surface area contributed by atoms with E-state index in [0.29, 0.717) is 10.2 Å². The van der Waals surface area contributed by atoms with E-state index in [4.69, 9.17) is 5.73 Å². The Morgan fingerprint density at radius 2 is 1.83 bits per heavy atom. The van der Waals surface area contributed by atoms with Crippen LogP contribution in [0.1, 0.15) is 10.4 Å². The van der Waals surface area contributed by atoms with Crippen molar-refractivity contribution in [1.29, 1.82) is 0 Å². The third-order valence-corrected chi connectivity index (χ3v) is 6.59. The highest BCUT2D eigenvalue weighted by Gasteiger charge is 2.16. The van der Waals surface area contributed by atoms with Gasteiger partial charge < -0.3 is 16.4 Å². The van der Waals surface area contributed by atoms with Crippen LogP contribution in [0, 0.1) is 5.82 Å². The molecule has 29 heavy (non-hydrogen) atoms. The van der Waals surface area contributed by atoms with Crippen LogP contribution in [0.15, 0.2) is 58.0 Å². The first-order valence-corrected chi connectivity index (χ1v) is 12.7. The highest BCUT2D eigenvalue weighted by atomic mass is 127. The van der Waals surface area contributed by atoms with Crippen LogP contribution in [0.25, 0.3) is 0 Å². The van der Waals surface area contributed by atoms with Gasteiger partial charge in [0.1, 0.15) is 11.6 Å². The molecule has 12 heteroatoms. The molecule has 0 aliphatic rings. The third-order valence-electron chi connectivity index (χ3n) is 3.65. The van der Waals surface area contributed by atoms with E-state index in [1.807, 2.05) is 0 Å². The Labute approximate surface area is 185 Å². The van der Waals surface area contributed by atoms with E-state index in [-0.39, 0.29) is 27.9 Å². The van der Waals surface area contributed by atoms with E-state index in [1.165, 1.54) is 51.7 Å². The van der Waals surface area contributed by atoms with Gasteiger partial charge in [0.25, 0.3) is 5.91 Å². The van der Waals surface area contributed by atoms with Crippen LogP contribution in [0.3, 0.4) is 0 Å². The van der Waals surface area contributed by atoms with Crippen LogP contribution in [-0.2, 0) is 7.01 Å². The normalized spacial score (nSPS) is 11.1. The number of nitrogens with two attached hydrogens (primary N) is 1. The molecule has 4 N–H and O–H groups in total. The Hall–Kier alpha value is -2.32. The van der Waals surface area contributed by atoms with Crippen LogP contribution in [0.5, 0.6) is 0 Å². The molecule has 1 amide bonds. The molecule has 0 aliphatic heterocycles. The van der Waals surface area contributed by atoms with Crippen LogP contribution in [0.2, 0.25) is 0 Å². The molecule has 3 rings (SSSR count). The SMILES string of the molecule is NC(=O)c1c(F)cccc1Nc1nc(Nc2ccc(S(=O)(=O)I)cc2)ncc1Br. The van der Waals surface area contributed by atoms with Crippen LogP contribution in [-0.4, -0.2) is 24.3 Å². The van der Waals surface area contributed by atoms with Gasteiger partial charge in [0, 0.05) is 11.9 Å². The maximum absolute atomic E-state index is 13.9. The van der Waals surface area contributed by atoms with Crippen molar-refractivity contribution in [2.75, 3.05) is 10.6 Å². The lowest BCUT2D eigenvalue weighted by Crippen LogP contribution is -2.16. The number of primary amides is 1. The number of rotatable bonds is 6. The number of benzene rings is 2. The van der Waals surface area contributed by atoms with Gasteiger partial charge >= 0.3 is 0 Å². The van der Waals surface area contributed by atoms with Crippen molar-refractivity contribution >= 4 is 73.2 Å². The number of nitrogens with one attached hydrogen (secondary N) is 2. The number of hydrogen-bond acceptors (Lipinski definition) is 7. The van der Waals surface area contributed by atoms with Crippen molar-refractivity contribution in [3.8, 4) is 0 Å². The number of anilines is 4. The largest absolute Gasteiger partial charge is 0.365 e. The fourth-order valence-electron chi connectivity index (χ4n) is 2.35. The van der Waals surface area contributed by atoms with Crippen LogP contribution >= 0.6 is 37.1 Å². The molecular weight excluding hydrogens is 580 g/mol. The molecular formula is C17H12BrFIN5O3S. The number of carbonyl (C=O) groups is 1. The minimum absolute atomic E-state index is 0.152. The Morgan fingerprint density at radius 1 is 1.14 bits per heavy atom. The topological polar surface area (TPSA) is 127 Å². The molecule has 1 aromatic heterocycles. The summed E-state index contributed by atoms with van der Waals surface area (Å²) in [6.45, 7) is 0. The fourth-order valence-corrected chi connectivity index (χ4v) is 3.98. The van der Waals surface area contributed by atoms with Crippen molar-refractivity contribution in [3.05, 3.63) is 64.5 Å². The monoisotopic (exact) mass is 591 g/mol. The van der Waals surface area contributed by atoms with Gasteiger partial charge in [-0.25, -0.2) is 17.8 Å². The molecule has 8 nitrogen and oxygen atoms in total. The average Bonchev–Trinajstić information content (AvgIpc) is 2.64. The summed E-state index contributed by atoms with van der Waals surface area (Å²) in [7, 11) is -3.33. The summed E-state index contributed by atoms with van der Waals surface area (Å²) < 4.78 is 37.5. The van der Waals surface area contributed by atoms with E-state index in [1.54, 1.807) is 12.1 Å². The molecule has 0 aliphatic carbocycles. The molecule has 0 saturated heterocycles. The van der Waals surface area contributed by atoms with Crippen molar-refractivity contribution in [2.45, 2.75) is 4.90 Å². The lowest BCUT2D eigenvalue weighted by atomic mass is 10.1. The molecule has 1 heterocycles. The first-order valence-electron chi connectivity index (χ1n) is 7.85. The van der Waals surface area contributed by atoms with Crippen LogP contribution in [0.4, 0.5) is 27.5 Å². The molecule has 0 fully saturated rings. The molecule has 0 unspecified atom stereocenters. The Morgan fingerprint density at radius 3 is 2.45 bits per heavy atom. The number of amides is 1. The molecule has 0 spiro atoms. The molecule has 0 saturated carbocycles. The number of hydrogen-bond donors (Lipinski definition) is 3. The van der Waals surface area contributed by atoms with Crippen molar-refractivity contribution < 1.29 is 17.6 Å². The summed E-state index contributed by atoms with van der Waals surface area (Å²) in [5.41, 5.74) is 5.69. The summed E-state index contributed by atoms with van der Waals surface area (Å²) in [6.07, 6.45) is 1.46. The van der Waals surface area contributed by atoms with Crippen molar-refractivity contribution in [1.82, 2.24) is 9.97 Å². The second-order valence-electron chi connectivity index (χ2n) is 5.63. The Bertz CT molecular complexity index is 1190. The number of nitrogens with zero attached hydrogens (tertiary/aromatic N) is 2. The van der Waals surface area contributed by atoms with Gasteiger partial charge in [0.15, 0.2) is 0 Å². The highest BCUT2D eigenvalue weighted by Crippen LogP contribution is 2.28. The summed E-state index contributed by atoms with van der Waals surface area (Å²) in [5.74, 6) is -1.21. The van der Waals surface area contributed by atoms with Gasteiger partial charge in [0.05, 0.1) is 41.8 Å². The Kier molecular flexibility index (Phi) is 6.33. The summed E-state index contributed by atoms with van der Waals surface area (Å²) in [4.78, 5) is 20.2. The molecule has 0 bridgehead atoms. The highest BCUT2D eigenvalue weighted by molar-refractivity contribution is 14.2. The molecule has 0 atom stereocenters. The van der Waals surface area contributed by atoms with E-state index < -0.39 is 18.7 Å². The van der Waals surface area contributed by atoms with E-state index >= 15 is 0 Å². The van der Waals surface area contributed by atoms with Gasteiger partial charge in [-0.2, -0.15) is 4.98 Å². The fraction of sp³-hybridized carbons (Fsp3) is 0. The summed E-state index contributed by atoms with van der Waals surface area (Å²) >= 11 is 4.65. The molecule has 2 aromatic carbocycles. The predicted molar refractivity (Wildman–Crippen MR) is 119 cm³/mol. The zero-order valence-corrected chi connectivity index (χ0v) is 18.9. The summed E-state index contributed by atoms with van der Waals surface area (Å²) in [6, 6.07) is 10.1. The predicted octanol–water partition coefficient (Wildman–Crippen LogP) is 4.09. The van der Waals surface area contributed by atoms with Crippen LogP contribution < -0.4 is 16.4 Å². The molecule has 0 radical (unpaired) electrons. The maximum atomic E-state index is 13.9. The minimum Gasteiger partial charge on any atom is -0.365 e. The van der Waals surface area contributed by atoms with E-state index in [9.17, 15) is 17.6 Å². The van der Waals surface area contributed by atoms with E-state index in [0.717, 1.165) is 6.07 Å². The zero-order chi connectivity index (χ0) is 21.2. The van der Waals surface area contributed by atoms with Gasteiger partial charge in [0.2, 0.25) is 13.0 Å². The van der Waals surface area contributed by atoms with E-state index in [2.05, 4.69) is 36.5 Å². The van der Waals surface area contributed by atoms with Gasteiger partial charge in [-0.15, -0.1) is 0 Å². The smallest absolute Gasteiger partial charge is 0.253 e. The van der Waals surface area contributed by atoms with Gasteiger partial charge in [-0.3, -0.25) is 4.79 Å². The minimum atomic E-state index is -3.33. The molecule has 150 valence electrons. The first kappa shape index (κ1) is 21.4. The molecule has 3 aromatic rings. The number of halogens is 3. The third kappa shape index (κ3) is 5.19. The summed E-state index contributed by atoms with van der Waals surface area (Å²) in [5, 5.41) is 5.80. The maximum Gasteiger partial charge on any atom is 0.253 e. The second-order valence-corrected chi connectivity index (χ2v) is 11.3. The quantitative estimate of drug-likeness (QED) is 0.291. The average molecular weight is 592 g/mol. The second kappa shape index (κ2) is 8.59. The van der Waals surface area contributed by atoms with Crippen molar-refractivity contribution in [3.63, 3.8) is 0 Å². The lowest BCUT2D eigenvalue weighted by Gasteiger charge is -2.13. The first-order chi connectivity index (χ1) is 13.6. The van der Waals surface area contributed by atoms with Gasteiger partial charge in [-0.05, 0) is 52.3 Å². The lowest BCUT2D eigenvalue weighted by molar-refractivity contribution is 0.0997. The standard InChI is InChI=1S/C17H12BrFIN5O3S/c18-11-8-22-17(23-9-4-6-10(7-5-9)29(20,27)28)25-16(11)24-13-3-1-2-12(19)14(13)15(21)26/h1-8H,(H2,21,26)(H2,22,23,24,25).